The maximum atomic E-state index is 12.2. The molecule has 2 bridgehead atoms. The zero-order chi connectivity index (χ0) is 24.4. The van der Waals surface area contributed by atoms with E-state index in [9.17, 15) is 5.11 Å². The van der Waals surface area contributed by atoms with Crippen LogP contribution < -0.4 is 0 Å². The molecule has 3 aromatic rings. The van der Waals surface area contributed by atoms with E-state index >= 15 is 0 Å². The number of thioether (sulfide) groups is 1. The van der Waals surface area contributed by atoms with E-state index in [2.05, 4.69) is 65.4 Å². The second-order valence-electron chi connectivity index (χ2n) is 11.4. The third-order valence-electron chi connectivity index (χ3n) is 9.20. The van der Waals surface area contributed by atoms with Crippen molar-refractivity contribution in [3.8, 4) is 0 Å². The van der Waals surface area contributed by atoms with Crippen LogP contribution >= 0.6 is 11.8 Å². The number of hydrogen-bond donors (Lipinski definition) is 1. The Bertz CT molecular complexity index is 1120. The summed E-state index contributed by atoms with van der Waals surface area (Å²) in [6.07, 6.45) is 8.30. The number of hydrogen-bond acceptors (Lipinski definition) is 4. The van der Waals surface area contributed by atoms with Crippen LogP contribution in [0.2, 0.25) is 0 Å². The average molecular weight is 504 g/mol. The first-order valence-corrected chi connectivity index (χ1v) is 14.9. The second-order valence-corrected chi connectivity index (χ2v) is 12.7. The van der Waals surface area contributed by atoms with Gasteiger partial charge in [0.2, 0.25) is 0 Å². The van der Waals surface area contributed by atoms with Crippen molar-refractivity contribution in [3.05, 3.63) is 89.3 Å². The van der Waals surface area contributed by atoms with Gasteiger partial charge in [0.1, 0.15) is 17.8 Å². The Morgan fingerprint density at radius 3 is 2.33 bits per heavy atom. The van der Waals surface area contributed by atoms with Crippen LogP contribution in [-0.4, -0.2) is 39.6 Å². The van der Waals surface area contributed by atoms with E-state index < -0.39 is 5.60 Å². The number of quaternary nitrogens is 1. The molecule has 4 fully saturated rings. The SMILES string of the molecule is OC(c1ccccc1)(c1cc(C[N+]23CCC(CC2)[C@@H](SCc2ccccc2)C3)on1)C1CCCCC1. The number of nitrogens with zero attached hydrogens (tertiary/aromatic N) is 2. The van der Waals surface area contributed by atoms with E-state index in [4.69, 9.17) is 4.52 Å². The Labute approximate surface area is 219 Å². The van der Waals surface area contributed by atoms with Gasteiger partial charge < -0.3 is 14.1 Å². The van der Waals surface area contributed by atoms with Crippen LogP contribution in [-0.2, 0) is 17.9 Å². The average Bonchev–Trinajstić information content (AvgIpc) is 3.42. The van der Waals surface area contributed by atoms with E-state index in [0.29, 0.717) is 10.9 Å². The van der Waals surface area contributed by atoms with Crippen LogP contribution in [0, 0.1) is 11.8 Å². The molecule has 1 unspecified atom stereocenters. The number of aliphatic hydroxyl groups is 1. The number of aromatic nitrogens is 1. The number of piperidine rings is 3. The Morgan fingerprint density at radius 2 is 1.61 bits per heavy atom. The Morgan fingerprint density at radius 1 is 0.917 bits per heavy atom. The van der Waals surface area contributed by atoms with Crippen molar-refractivity contribution in [3.63, 3.8) is 0 Å². The van der Waals surface area contributed by atoms with Gasteiger partial charge in [0.25, 0.3) is 0 Å². The van der Waals surface area contributed by atoms with Crippen molar-refractivity contribution in [1.82, 2.24) is 5.16 Å². The molecule has 4 nitrogen and oxygen atoms in total. The fourth-order valence-electron chi connectivity index (χ4n) is 7.11. The number of benzene rings is 2. The Kier molecular flexibility index (Phi) is 6.98. The van der Waals surface area contributed by atoms with Gasteiger partial charge in [-0.3, -0.25) is 0 Å². The highest BCUT2D eigenvalue weighted by Gasteiger charge is 2.47. The largest absolute Gasteiger partial charge is 0.378 e. The van der Waals surface area contributed by atoms with E-state index in [0.717, 1.165) is 46.9 Å². The molecular formula is C31H39N2O2S+. The van der Waals surface area contributed by atoms with Gasteiger partial charge in [-0.1, -0.05) is 85.1 Å². The highest BCUT2D eigenvalue weighted by atomic mass is 32.2. The van der Waals surface area contributed by atoms with Crippen LogP contribution in [0.4, 0.5) is 0 Å². The molecule has 1 aliphatic carbocycles. The van der Waals surface area contributed by atoms with Gasteiger partial charge in [-0.25, -0.2) is 0 Å². The van der Waals surface area contributed by atoms with E-state index in [1.54, 1.807) is 0 Å². The lowest BCUT2D eigenvalue weighted by Gasteiger charge is -2.52. The van der Waals surface area contributed by atoms with Crippen molar-refractivity contribution in [2.45, 2.75) is 68.1 Å². The fourth-order valence-corrected chi connectivity index (χ4v) is 8.68. The zero-order valence-electron chi connectivity index (χ0n) is 21.2. The molecule has 4 aliphatic rings. The lowest BCUT2D eigenvalue weighted by atomic mass is 9.71. The van der Waals surface area contributed by atoms with Gasteiger partial charge >= 0.3 is 0 Å². The molecule has 7 rings (SSSR count). The molecule has 2 aromatic carbocycles. The minimum Gasteiger partial charge on any atom is -0.378 e. The highest BCUT2D eigenvalue weighted by molar-refractivity contribution is 7.99. The molecule has 0 spiro atoms. The maximum absolute atomic E-state index is 12.2. The first kappa shape index (κ1) is 24.3. The van der Waals surface area contributed by atoms with Crippen LogP contribution in [0.5, 0.6) is 0 Å². The minimum atomic E-state index is -1.08. The van der Waals surface area contributed by atoms with Crippen molar-refractivity contribution in [1.29, 1.82) is 0 Å². The van der Waals surface area contributed by atoms with Crippen LogP contribution in [0.3, 0.4) is 0 Å². The summed E-state index contributed by atoms with van der Waals surface area (Å²) in [7, 11) is 0. The summed E-state index contributed by atoms with van der Waals surface area (Å²) < 4.78 is 7.10. The number of fused-ring (bicyclic) bond motifs is 3. The monoisotopic (exact) mass is 503 g/mol. The molecule has 1 N–H and O–H groups in total. The fraction of sp³-hybridized carbons (Fsp3) is 0.516. The third kappa shape index (κ3) is 4.78. The molecule has 5 heteroatoms. The topological polar surface area (TPSA) is 46.3 Å². The van der Waals surface area contributed by atoms with Gasteiger partial charge in [-0.05, 0) is 35.8 Å². The summed E-state index contributed by atoms with van der Waals surface area (Å²) in [5, 5.41) is 17.5. The molecule has 3 saturated heterocycles. The second kappa shape index (κ2) is 10.4. The number of rotatable bonds is 8. The highest BCUT2D eigenvalue weighted by Crippen LogP contribution is 2.45. The summed E-state index contributed by atoms with van der Waals surface area (Å²) in [6, 6.07) is 23.1. The normalized spacial score (nSPS) is 28.1. The zero-order valence-corrected chi connectivity index (χ0v) is 22.0. The van der Waals surface area contributed by atoms with Crippen LogP contribution in [0.1, 0.15) is 67.5 Å². The molecule has 2 atom stereocenters. The molecule has 1 saturated carbocycles. The van der Waals surface area contributed by atoms with Crippen molar-refractivity contribution in [2.75, 3.05) is 19.6 Å². The van der Waals surface area contributed by atoms with Gasteiger partial charge in [0.15, 0.2) is 5.76 Å². The molecule has 0 amide bonds. The summed E-state index contributed by atoms with van der Waals surface area (Å²) in [6.45, 7) is 4.56. The predicted octanol–water partition coefficient (Wildman–Crippen LogP) is 6.53. The molecular weight excluding hydrogens is 464 g/mol. The summed E-state index contributed by atoms with van der Waals surface area (Å²) in [4.78, 5) is 0. The summed E-state index contributed by atoms with van der Waals surface area (Å²) in [5.41, 5.74) is 2.00. The van der Waals surface area contributed by atoms with Gasteiger partial charge in [0.05, 0.1) is 24.9 Å². The predicted molar refractivity (Wildman–Crippen MR) is 145 cm³/mol. The summed E-state index contributed by atoms with van der Waals surface area (Å²) >= 11 is 2.15. The van der Waals surface area contributed by atoms with E-state index in [1.807, 2.05) is 18.2 Å². The molecule has 190 valence electrons. The quantitative estimate of drug-likeness (QED) is 0.355. The van der Waals surface area contributed by atoms with Crippen molar-refractivity contribution < 1.29 is 14.1 Å². The molecule has 0 radical (unpaired) electrons. The van der Waals surface area contributed by atoms with Crippen LogP contribution in [0.15, 0.2) is 71.3 Å². The summed E-state index contributed by atoms with van der Waals surface area (Å²) in [5.74, 6) is 3.06. The Balaban J connectivity index is 1.20. The minimum absolute atomic E-state index is 0.183. The van der Waals surface area contributed by atoms with Gasteiger partial charge in [0, 0.05) is 24.7 Å². The van der Waals surface area contributed by atoms with E-state index in [-0.39, 0.29) is 5.92 Å². The van der Waals surface area contributed by atoms with E-state index in [1.165, 1.54) is 57.3 Å². The van der Waals surface area contributed by atoms with Gasteiger partial charge in [-0.2, -0.15) is 0 Å². The smallest absolute Gasteiger partial charge is 0.191 e. The third-order valence-corrected chi connectivity index (χ3v) is 10.7. The maximum Gasteiger partial charge on any atom is 0.191 e. The van der Waals surface area contributed by atoms with Crippen LogP contribution in [0.25, 0.3) is 0 Å². The van der Waals surface area contributed by atoms with Crippen molar-refractivity contribution in [2.24, 2.45) is 11.8 Å². The lowest BCUT2D eigenvalue weighted by molar-refractivity contribution is -0.954. The molecule has 36 heavy (non-hydrogen) atoms. The van der Waals surface area contributed by atoms with Crippen molar-refractivity contribution >= 4 is 11.8 Å². The van der Waals surface area contributed by atoms with Gasteiger partial charge in [-0.15, -0.1) is 11.8 Å². The lowest BCUT2D eigenvalue weighted by Crippen LogP contribution is -2.62. The Hall–Kier alpha value is -2.08. The standard InChI is InChI=1S/C31H39N2O2S/c34-31(26-12-6-2-7-13-26,27-14-8-3-9-15-27)30-20-28(35-32-30)21-33-18-16-25(17-19-33)29(22-33)36-23-24-10-4-1-5-11-24/h1-2,4-7,10-13,20,25,27,29,34H,3,8-9,14-19,21-23H2/q+1/t25?,29-,31?,33?/m0/s1. The molecule has 1 aromatic heterocycles. The molecule has 3 aliphatic heterocycles. The first-order valence-electron chi connectivity index (χ1n) is 13.9. The molecule has 4 heterocycles. The first-order chi connectivity index (χ1) is 17.6.